The second kappa shape index (κ2) is 8.69. The maximum atomic E-state index is 12.8. The summed E-state index contributed by atoms with van der Waals surface area (Å²) < 4.78 is 32.3. The Kier molecular flexibility index (Phi) is 6.31. The minimum absolute atomic E-state index is 0.0184. The lowest BCUT2D eigenvalue weighted by Gasteiger charge is -2.34. The van der Waals surface area contributed by atoms with Gasteiger partial charge in [0.2, 0.25) is 10.0 Å². The highest BCUT2D eigenvalue weighted by atomic mass is 32.2. The van der Waals surface area contributed by atoms with Crippen molar-refractivity contribution in [3.05, 3.63) is 29.8 Å². The van der Waals surface area contributed by atoms with E-state index in [1.54, 1.807) is 17.0 Å². The molecule has 1 aromatic carbocycles. The number of amides is 2. The largest absolute Gasteiger partial charge is 0.381 e. The van der Waals surface area contributed by atoms with E-state index in [-0.39, 0.29) is 29.6 Å². The quantitative estimate of drug-likeness (QED) is 0.823. The third kappa shape index (κ3) is 4.58. The fourth-order valence-electron chi connectivity index (χ4n) is 3.35. The van der Waals surface area contributed by atoms with E-state index in [9.17, 15) is 13.2 Å². The Morgan fingerprint density at radius 3 is 2.52 bits per heavy atom. The molecule has 0 saturated carbocycles. The van der Waals surface area contributed by atoms with Gasteiger partial charge in [-0.2, -0.15) is 9.57 Å². The number of nitrogens with one attached hydrogen (secondary N) is 1. The molecule has 0 bridgehead atoms. The fraction of sp³-hybridized carbons (Fsp3) is 0.556. The monoisotopic (exact) mass is 392 g/mol. The average Bonchev–Trinajstić information content (AvgIpc) is 2.72. The molecule has 2 aliphatic rings. The Morgan fingerprint density at radius 2 is 1.85 bits per heavy atom. The van der Waals surface area contributed by atoms with Gasteiger partial charge in [-0.15, -0.1) is 0 Å². The topological polar surface area (TPSA) is 103 Å². The van der Waals surface area contributed by atoms with Crippen LogP contribution in [0.1, 0.15) is 18.4 Å². The number of hydrogen-bond acceptors (Lipinski definition) is 5. The van der Waals surface area contributed by atoms with Crippen molar-refractivity contribution >= 4 is 16.1 Å². The smallest absolute Gasteiger partial charge is 0.317 e. The number of carbonyl (C=O) groups excluding carboxylic acids is 1. The number of rotatable bonds is 4. The minimum Gasteiger partial charge on any atom is -0.381 e. The average molecular weight is 392 g/mol. The SMILES string of the molecule is N#Cc1ccccc1S(=O)(=O)N1CCN(C(=O)NCC2CCOCC2)CC1. The number of hydrogen-bond donors (Lipinski definition) is 1. The molecule has 2 amide bonds. The van der Waals surface area contributed by atoms with E-state index < -0.39 is 10.0 Å². The summed E-state index contributed by atoms with van der Waals surface area (Å²) in [5.74, 6) is 0.437. The Morgan fingerprint density at radius 1 is 1.19 bits per heavy atom. The van der Waals surface area contributed by atoms with Gasteiger partial charge in [0.25, 0.3) is 0 Å². The lowest BCUT2D eigenvalue weighted by Crippen LogP contribution is -2.53. The van der Waals surface area contributed by atoms with Crippen molar-refractivity contribution in [1.29, 1.82) is 5.26 Å². The van der Waals surface area contributed by atoms with Crippen molar-refractivity contribution in [3.63, 3.8) is 0 Å². The molecule has 0 spiro atoms. The van der Waals surface area contributed by atoms with Gasteiger partial charge in [0.15, 0.2) is 0 Å². The van der Waals surface area contributed by atoms with Gasteiger partial charge in [0.05, 0.1) is 10.5 Å². The summed E-state index contributed by atoms with van der Waals surface area (Å²) in [6, 6.07) is 7.95. The molecule has 0 unspecified atom stereocenters. The van der Waals surface area contributed by atoms with Crippen LogP contribution >= 0.6 is 0 Å². The zero-order chi connectivity index (χ0) is 19.3. The summed E-state index contributed by atoms with van der Waals surface area (Å²) >= 11 is 0. The molecular weight excluding hydrogens is 368 g/mol. The highest BCUT2D eigenvalue weighted by Crippen LogP contribution is 2.21. The van der Waals surface area contributed by atoms with Crippen molar-refractivity contribution in [3.8, 4) is 6.07 Å². The van der Waals surface area contributed by atoms with Gasteiger partial charge in [-0.25, -0.2) is 13.2 Å². The lowest BCUT2D eigenvalue weighted by atomic mass is 10.0. The Balaban J connectivity index is 1.55. The van der Waals surface area contributed by atoms with Crippen LogP contribution in [0.2, 0.25) is 0 Å². The number of nitrogens with zero attached hydrogens (tertiary/aromatic N) is 3. The minimum atomic E-state index is -3.74. The number of benzene rings is 1. The van der Waals surface area contributed by atoms with Crippen LogP contribution in [0.15, 0.2) is 29.2 Å². The molecule has 146 valence electrons. The first-order valence-corrected chi connectivity index (χ1v) is 10.6. The summed E-state index contributed by atoms with van der Waals surface area (Å²) in [4.78, 5) is 14.0. The van der Waals surface area contributed by atoms with Crippen LogP contribution in [-0.2, 0) is 14.8 Å². The third-order valence-electron chi connectivity index (χ3n) is 5.03. The molecule has 27 heavy (non-hydrogen) atoms. The van der Waals surface area contributed by atoms with Crippen LogP contribution in [0.3, 0.4) is 0 Å². The number of piperazine rings is 1. The van der Waals surface area contributed by atoms with Crippen molar-refractivity contribution in [2.24, 2.45) is 5.92 Å². The van der Waals surface area contributed by atoms with Crippen LogP contribution < -0.4 is 5.32 Å². The number of carbonyl (C=O) groups is 1. The van der Waals surface area contributed by atoms with Crippen LogP contribution in [0, 0.1) is 17.2 Å². The molecular formula is C18H24N4O4S. The van der Waals surface area contributed by atoms with Crippen LogP contribution in [0.5, 0.6) is 0 Å². The van der Waals surface area contributed by atoms with Crippen molar-refractivity contribution in [1.82, 2.24) is 14.5 Å². The van der Waals surface area contributed by atoms with E-state index in [1.165, 1.54) is 16.4 Å². The van der Waals surface area contributed by atoms with Gasteiger partial charge in [-0.1, -0.05) is 12.1 Å². The zero-order valence-corrected chi connectivity index (χ0v) is 16.0. The first-order chi connectivity index (χ1) is 13.0. The second-order valence-corrected chi connectivity index (χ2v) is 8.65. The molecule has 0 atom stereocenters. The molecule has 0 radical (unpaired) electrons. The van der Waals surface area contributed by atoms with E-state index in [2.05, 4.69) is 5.32 Å². The summed E-state index contributed by atoms with van der Waals surface area (Å²) in [6.07, 6.45) is 1.90. The predicted octanol–water partition coefficient (Wildman–Crippen LogP) is 1.00. The lowest BCUT2D eigenvalue weighted by molar-refractivity contribution is 0.0662. The molecule has 0 aromatic heterocycles. The first-order valence-electron chi connectivity index (χ1n) is 9.12. The van der Waals surface area contributed by atoms with Gasteiger partial charge in [0, 0.05) is 45.9 Å². The van der Waals surface area contributed by atoms with Crippen molar-refractivity contribution < 1.29 is 17.9 Å². The Hall–Kier alpha value is -2.15. The van der Waals surface area contributed by atoms with Crippen molar-refractivity contribution in [2.75, 3.05) is 45.9 Å². The molecule has 2 heterocycles. The van der Waals surface area contributed by atoms with E-state index in [1.807, 2.05) is 6.07 Å². The summed E-state index contributed by atoms with van der Waals surface area (Å²) in [6.45, 7) is 3.18. The number of urea groups is 1. The molecule has 1 N–H and O–H groups in total. The predicted molar refractivity (Wildman–Crippen MR) is 98.4 cm³/mol. The third-order valence-corrected chi connectivity index (χ3v) is 6.99. The molecule has 8 nitrogen and oxygen atoms in total. The molecule has 3 rings (SSSR count). The van der Waals surface area contributed by atoms with E-state index >= 15 is 0 Å². The fourth-order valence-corrected chi connectivity index (χ4v) is 4.91. The zero-order valence-electron chi connectivity index (χ0n) is 15.1. The molecule has 1 aromatic rings. The number of sulfonamides is 1. The summed E-state index contributed by atoms with van der Waals surface area (Å²) in [5.41, 5.74) is 0.133. The first kappa shape index (κ1) is 19.6. The van der Waals surface area contributed by atoms with E-state index in [4.69, 9.17) is 10.00 Å². The second-order valence-electron chi connectivity index (χ2n) is 6.74. The highest BCUT2D eigenvalue weighted by Gasteiger charge is 2.31. The molecule has 2 fully saturated rings. The van der Waals surface area contributed by atoms with Crippen molar-refractivity contribution in [2.45, 2.75) is 17.7 Å². The Labute approximate surface area is 159 Å². The van der Waals surface area contributed by atoms with Crippen LogP contribution in [0.4, 0.5) is 4.79 Å². The van der Waals surface area contributed by atoms with Gasteiger partial charge < -0.3 is 15.0 Å². The maximum absolute atomic E-state index is 12.8. The summed E-state index contributed by atoms with van der Waals surface area (Å²) in [7, 11) is -3.74. The van der Waals surface area contributed by atoms with Gasteiger partial charge >= 0.3 is 6.03 Å². The normalized spacial score (nSPS) is 19.4. The molecule has 9 heteroatoms. The van der Waals surface area contributed by atoms with E-state index in [0.717, 1.165) is 26.1 Å². The Bertz CT molecular complexity index is 807. The number of nitriles is 1. The van der Waals surface area contributed by atoms with E-state index in [0.29, 0.717) is 25.6 Å². The highest BCUT2D eigenvalue weighted by molar-refractivity contribution is 7.89. The maximum Gasteiger partial charge on any atom is 0.317 e. The molecule has 2 saturated heterocycles. The molecule has 0 aliphatic carbocycles. The molecule has 2 aliphatic heterocycles. The van der Waals surface area contributed by atoms with Gasteiger partial charge in [-0.3, -0.25) is 0 Å². The summed E-state index contributed by atoms with van der Waals surface area (Å²) in [5, 5.41) is 12.1. The number of ether oxygens (including phenoxy) is 1. The van der Waals surface area contributed by atoms with Gasteiger partial charge in [-0.05, 0) is 30.9 Å². The standard InChI is InChI=1S/C18H24N4O4S/c19-13-16-3-1-2-4-17(16)27(24,25)22-9-7-21(8-10-22)18(23)20-14-15-5-11-26-12-6-15/h1-4,15H,5-12,14H2,(H,20,23). The van der Waals surface area contributed by atoms with Gasteiger partial charge in [0.1, 0.15) is 6.07 Å². The van der Waals surface area contributed by atoms with Crippen LogP contribution in [0.25, 0.3) is 0 Å². The van der Waals surface area contributed by atoms with Crippen LogP contribution in [-0.4, -0.2) is 69.6 Å².